The fraction of sp³-hybridized carbons (Fsp3) is 1.00. The molecule has 1 aliphatic carbocycles. The maximum atomic E-state index is 2.36. The third-order valence-corrected chi connectivity index (χ3v) is 2.07. The van der Waals surface area contributed by atoms with Crippen LogP contribution in [-0.4, -0.2) is 0 Å². The zero-order chi connectivity index (χ0) is 5.28. The van der Waals surface area contributed by atoms with Gasteiger partial charge >= 0.3 is 0 Å². The first-order valence-corrected chi connectivity index (χ1v) is 3.34. The Bertz CT molecular complexity index is 53.1. The van der Waals surface area contributed by atoms with Crippen LogP contribution in [0.3, 0.4) is 0 Å². The molecule has 0 spiro atoms. The van der Waals surface area contributed by atoms with Crippen molar-refractivity contribution in [3.05, 3.63) is 0 Å². The van der Waals surface area contributed by atoms with Crippen molar-refractivity contribution in [1.29, 1.82) is 0 Å². The predicted molar refractivity (Wildman–Crippen MR) is 32.2 cm³/mol. The maximum absolute atomic E-state index is 2.36. The molecule has 0 amide bonds. The largest absolute Gasteiger partial charge is 0.0651 e. The van der Waals surface area contributed by atoms with Crippen LogP contribution in [0.4, 0.5) is 0 Å². The molecule has 1 unspecified atom stereocenters. The summed E-state index contributed by atoms with van der Waals surface area (Å²) in [7, 11) is 0. The maximum Gasteiger partial charge on any atom is -0.0388 e. The second kappa shape index (κ2) is 1.85. The lowest BCUT2D eigenvalue weighted by atomic mass is 10.0. The zero-order valence-corrected chi connectivity index (χ0v) is 5.28. The molecule has 1 saturated carbocycles. The summed E-state index contributed by atoms with van der Waals surface area (Å²) in [6, 6.07) is 0. The topological polar surface area (TPSA) is 0 Å². The van der Waals surface area contributed by atoms with Crippen LogP contribution in [0.5, 0.6) is 0 Å². The van der Waals surface area contributed by atoms with Gasteiger partial charge in [-0.3, -0.25) is 0 Å². The fourth-order valence-electron chi connectivity index (χ4n) is 0.999. The molecule has 0 aromatic heterocycles. The van der Waals surface area contributed by atoms with Crippen molar-refractivity contribution in [2.24, 2.45) is 11.8 Å². The van der Waals surface area contributed by atoms with Gasteiger partial charge in [0.2, 0.25) is 0 Å². The van der Waals surface area contributed by atoms with E-state index in [9.17, 15) is 0 Å². The normalized spacial score (nSPS) is 24.9. The molecule has 0 heterocycles. The summed E-state index contributed by atoms with van der Waals surface area (Å²) in [6.45, 7) is 4.64. The molecule has 1 aliphatic rings. The SMILES string of the molecule is CCC(C)C1CC1. The minimum atomic E-state index is 1.01. The molecule has 1 fully saturated rings. The van der Waals surface area contributed by atoms with E-state index >= 15 is 0 Å². The number of rotatable bonds is 2. The van der Waals surface area contributed by atoms with Gasteiger partial charge in [-0.1, -0.05) is 20.3 Å². The summed E-state index contributed by atoms with van der Waals surface area (Å²) in [5, 5.41) is 0. The summed E-state index contributed by atoms with van der Waals surface area (Å²) in [5.41, 5.74) is 0. The van der Waals surface area contributed by atoms with Crippen LogP contribution >= 0.6 is 0 Å². The van der Waals surface area contributed by atoms with Crippen LogP contribution in [0.2, 0.25) is 0 Å². The van der Waals surface area contributed by atoms with E-state index in [1.54, 1.807) is 0 Å². The van der Waals surface area contributed by atoms with Crippen LogP contribution in [0, 0.1) is 11.8 Å². The van der Waals surface area contributed by atoms with E-state index in [0.717, 1.165) is 11.8 Å². The Hall–Kier alpha value is 0. The molecule has 0 saturated heterocycles. The predicted octanol–water partition coefficient (Wildman–Crippen LogP) is 2.44. The zero-order valence-electron chi connectivity index (χ0n) is 5.28. The van der Waals surface area contributed by atoms with Crippen LogP contribution in [0.1, 0.15) is 33.1 Å². The van der Waals surface area contributed by atoms with Crippen LogP contribution < -0.4 is 0 Å². The van der Waals surface area contributed by atoms with Crippen molar-refractivity contribution >= 4 is 0 Å². The summed E-state index contributed by atoms with van der Waals surface area (Å²) >= 11 is 0. The number of hydrogen-bond acceptors (Lipinski definition) is 0. The molecular weight excluding hydrogens is 84.1 g/mol. The molecule has 1 rings (SSSR count). The Morgan fingerprint density at radius 2 is 2.14 bits per heavy atom. The number of hydrogen-bond donors (Lipinski definition) is 0. The van der Waals surface area contributed by atoms with Gasteiger partial charge in [0.25, 0.3) is 0 Å². The molecule has 0 aliphatic heterocycles. The molecule has 7 heavy (non-hydrogen) atoms. The van der Waals surface area contributed by atoms with Gasteiger partial charge in [-0.2, -0.15) is 0 Å². The van der Waals surface area contributed by atoms with Crippen LogP contribution in [-0.2, 0) is 0 Å². The van der Waals surface area contributed by atoms with Gasteiger partial charge in [-0.25, -0.2) is 0 Å². The van der Waals surface area contributed by atoms with Crippen molar-refractivity contribution < 1.29 is 0 Å². The van der Waals surface area contributed by atoms with Gasteiger partial charge in [0, 0.05) is 0 Å². The Labute approximate surface area is 45.9 Å². The Kier molecular flexibility index (Phi) is 1.36. The van der Waals surface area contributed by atoms with E-state index in [2.05, 4.69) is 13.8 Å². The second-order valence-corrected chi connectivity index (χ2v) is 2.72. The highest BCUT2D eigenvalue weighted by molar-refractivity contribution is 4.77. The lowest BCUT2D eigenvalue weighted by Crippen LogP contribution is -1.91. The molecule has 0 N–H and O–H groups in total. The van der Waals surface area contributed by atoms with E-state index < -0.39 is 0 Å². The lowest BCUT2D eigenvalue weighted by molar-refractivity contribution is 0.493. The molecule has 1 atom stereocenters. The van der Waals surface area contributed by atoms with E-state index in [1.165, 1.54) is 19.3 Å². The van der Waals surface area contributed by atoms with Crippen LogP contribution in [0.15, 0.2) is 0 Å². The Balaban J connectivity index is 2.10. The highest BCUT2D eigenvalue weighted by Crippen LogP contribution is 2.37. The van der Waals surface area contributed by atoms with Crippen molar-refractivity contribution in [2.75, 3.05) is 0 Å². The molecule has 0 aromatic rings. The van der Waals surface area contributed by atoms with Gasteiger partial charge in [0.15, 0.2) is 0 Å². The minimum Gasteiger partial charge on any atom is -0.0651 e. The third-order valence-electron chi connectivity index (χ3n) is 2.07. The fourth-order valence-corrected chi connectivity index (χ4v) is 0.999. The molecule has 0 radical (unpaired) electrons. The first-order valence-electron chi connectivity index (χ1n) is 3.34. The Morgan fingerprint density at radius 1 is 1.57 bits per heavy atom. The van der Waals surface area contributed by atoms with Crippen molar-refractivity contribution in [3.63, 3.8) is 0 Å². The summed E-state index contributed by atoms with van der Waals surface area (Å²) in [6.07, 6.45) is 4.40. The molecule has 42 valence electrons. The van der Waals surface area contributed by atoms with E-state index in [4.69, 9.17) is 0 Å². The van der Waals surface area contributed by atoms with E-state index in [-0.39, 0.29) is 0 Å². The Morgan fingerprint density at radius 3 is 2.29 bits per heavy atom. The highest BCUT2D eigenvalue weighted by Gasteiger charge is 2.25. The smallest absolute Gasteiger partial charge is 0.0388 e. The third kappa shape index (κ3) is 1.19. The monoisotopic (exact) mass is 98.1 g/mol. The van der Waals surface area contributed by atoms with Gasteiger partial charge < -0.3 is 0 Å². The molecule has 0 heteroatoms. The van der Waals surface area contributed by atoms with Gasteiger partial charge in [-0.15, -0.1) is 0 Å². The van der Waals surface area contributed by atoms with Crippen molar-refractivity contribution in [1.82, 2.24) is 0 Å². The molecule has 0 nitrogen and oxygen atoms in total. The van der Waals surface area contributed by atoms with E-state index in [0.29, 0.717) is 0 Å². The van der Waals surface area contributed by atoms with Gasteiger partial charge in [0.1, 0.15) is 0 Å². The average Bonchev–Trinajstić information content (AvgIpc) is 2.44. The first kappa shape index (κ1) is 5.14. The minimum absolute atomic E-state index is 1.01. The van der Waals surface area contributed by atoms with Crippen molar-refractivity contribution in [3.8, 4) is 0 Å². The summed E-state index contributed by atoms with van der Waals surface area (Å²) in [5.74, 6) is 2.13. The summed E-state index contributed by atoms with van der Waals surface area (Å²) in [4.78, 5) is 0. The van der Waals surface area contributed by atoms with Crippen LogP contribution in [0.25, 0.3) is 0 Å². The quantitative estimate of drug-likeness (QED) is 0.497. The standard InChI is InChI=1S/C7H14/c1-3-6(2)7-4-5-7/h6-7H,3-5H2,1-2H3. The lowest BCUT2D eigenvalue weighted by Gasteiger charge is -2.01. The highest BCUT2D eigenvalue weighted by atomic mass is 14.3. The molecule has 0 bridgehead atoms. The van der Waals surface area contributed by atoms with E-state index in [1.807, 2.05) is 0 Å². The second-order valence-electron chi connectivity index (χ2n) is 2.72. The molecule has 0 aromatic carbocycles. The molecular formula is C7H14. The first-order chi connectivity index (χ1) is 3.34. The van der Waals surface area contributed by atoms with Crippen molar-refractivity contribution in [2.45, 2.75) is 33.1 Å². The van der Waals surface area contributed by atoms with Gasteiger partial charge in [-0.05, 0) is 24.7 Å². The average molecular weight is 98.2 g/mol. The summed E-state index contributed by atoms with van der Waals surface area (Å²) < 4.78 is 0. The van der Waals surface area contributed by atoms with Gasteiger partial charge in [0.05, 0.1) is 0 Å².